The standard InChI is InChI=1S/C18H20Cl2N2O4/c1-11-8-12(4-5-13(11)19)26-7-6-21-18(23)22-15-10-16(24-2)14(20)9-17(15)25-3/h4-5,8-10H,6-7H2,1-3H3,(H2,21,22,23). The van der Waals surface area contributed by atoms with Gasteiger partial charge >= 0.3 is 6.03 Å². The van der Waals surface area contributed by atoms with Crippen LogP contribution in [0.3, 0.4) is 0 Å². The van der Waals surface area contributed by atoms with Crippen molar-refractivity contribution < 1.29 is 19.0 Å². The predicted octanol–water partition coefficient (Wildman–Crippen LogP) is 4.52. The molecule has 2 N–H and O–H groups in total. The fourth-order valence-corrected chi connectivity index (χ4v) is 2.51. The molecule has 8 heteroatoms. The normalized spacial score (nSPS) is 10.2. The number of methoxy groups -OCH3 is 2. The minimum atomic E-state index is -0.399. The maximum Gasteiger partial charge on any atom is 0.319 e. The molecule has 0 aromatic heterocycles. The zero-order chi connectivity index (χ0) is 19.1. The molecule has 2 aromatic rings. The zero-order valence-electron chi connectivity index (χ0n) is 14.7. The second-order valence-corrected chi connectivity index (χ2v) is 6.14. The lowest BCUT2D eigenvalue weighted by Crippen LogP contribution is -2.32. The van der Waals surface area contributed by atoms with Crippen LogP contribution in [0.15, 0.2) is 30.3 Å². The van der Waals surface area contributed by atoms with Gasteiger partial charge in [-0.3, -0.25) is 0 Å². The molecule has 0 aliphatic carbocycles. The van der Waals surface area contributed by atoms with Crippen LogP contribution in [-0.2, 0) is 0 Å². The summed E-state index contributed by atoms with van der Waals surface area (Å²) >= 11 is 12.0. The van der Waals surface area contributed by atoms with Gasteiger partial charge in [-0.05, 0) is 30.7 Å². The van der Waals surface area contributed by atoms with E-state index >= 15 is 0 Å². The first kappa shape index (κ1) is 20.0. The van der Waals surface area contributed by atoms with Crippen LogP contribution in [0.1, 0.15) is 5.56 Å². The quantitative estimate of drug-likeness (QED) is 0.672. The predicted molar refractivity (Wildman–Crippen MR) is 103 cm³/mol. The van der Waals surface area contributed by atoms with Crippen molar-refractivity contribution in [3.05, 3.63) is 45.9 Å². The highest BCUT2D eigenvalue weighted by atomic mass is 35.5. The largest absolute Gasteiger partial charge is 0.495 e. The van der Waals surface area contributed by atoms with Crippen LogP contribution >= 0.6 is 23.2 Å². The van der Waals surface area contributed by atoms with Crippen LogP contribution in [0.5, 0.6) is 17.2 Å². The fourth-order valence-electron chi connectivity index (χ4n) is 2.17. The number of amides is 2. The van der Waals surface area contributed by atoms with Gasteiger partial charge in [0, 0.05) is 17.2 Å². The van der Waals surface area contributed by atoms with Gasteiger partial charge in [0.05, 0.1) is 31.5 Å². The first-order chi connectivity index (χ1) is 12.4. The molecule has 0 aliphatic rings. The van der Waals surface area contributed by atoms with Gasteiger partial charge in [-0.2, -0.15) is 0 Å². The van der Waals surface area contributed by atoms with Crippen LogP contribution in [0.4, 0.5) is 10.5 Å². The number of carbonyl (C=O) groups excluding carboxylic acids is 1. The fraction of sp³-hybridized carbons (Fsp3) is 0.278. The first-order valence-corrected chi connectivity index (χ1v) is 8.55. The molecule has 140 valence electrons. The highest BCUT2D eigenvalue weighted by Crippen LogP contribution is 2.35. The van der Waals surface area contributed by atoms with E-state index in [1.54, 1.807) is 24.3 Å². The monoisotopic (exact) mass is 398 g/mol. The molecule has 2 aromatic carbocycles. The van der Waals surface area contributed by atoms with Gasteiger partial charge in [0.15, 0.2) is 0 Å². The number of urea groups is 1. The minimum absolute atomic E-state index is 0.315. The van der Waals surface area contributed by atoms with Crippen LogP contribution in [-0.4, -0.2) is 33.4 Å². The molecule has 0 heterocycles. The Kier molecular flexibility index (Phi) is 7.24. The summed E-state index contributed by atoms with van der Waals surface area (Å²) in [6.07, 6.45) is 0. The van der Waals surface area contributed by atoms with E-state index in [1.807, 2.05) is 13.0 Å². The van der Waals surface area contributed by atoms with Gasteiger partial charge in [0.2, 0.25) is 0 Å². The summed E-state index contributed by atoms with van der Waals surface area (Å²) in [5.74, 6) is 1.56. The van der Waals surface area contributed by atoms with E-state index in [0.717, 1.165) is 5.56 Å². The van der Waals surface area contributed by atoms with E-state index in [1.165, 1.54) is 14.2 Å². The number of anilines is 1. The van der Waals surface area contributed by atoms with Gasteiger partial charge in [0.25, 0.3) is 0 Å². The second kappa shape index (κ2) is 9.40. The Labute approximate surface area is 162 Å². The molecule has 6 nitrogen and oxygen atoms in total. The van der Waals surface area contributed by atoms with Gasteiger partial charge < -0.3 is 24.8 Å². The summed E-state index contributed by atoms with van der Waals surface area (Å²) in [6, 6.07) is 8.15. The van der Waals surface area contributed by atoms with Crippen molar-refractivity contribution in [3.8, 4) is 17.2 Å². The molecule has 2 amide bonds. The van der Waals surface area contributed by atoms with Gasteiger partial charge in [0.1, 0.15) is 23.9 Å². The number of halogens is 2. The third-order valence-corrected chi connectivity index (χ3v) is 4.23. The SMILES string of the molecule is COc1cc(NC(=O)NCCOc2ccc(Cl)c(C)c2)c(OC)cc1Cl. The third-order valence-electron chi connectivity index (χ3n) is 3.51. The molecular weight excluding hydrogens is 379 g/mol. The number of nitrogens with one attached hydrogen (secondary N) is 2. The molecule has 0 spiro atoms. The van der Waals surface area contributed by atoms with Crippen molar-refractivity contribution in [2.75, 3.05) is 32.7 Å². The van der Waals surface area contributed by atoms with Crippen molar-refractivity contribution in [2.24, 2.45) is 0 Å². The second-order valence-electron chi connectivity index (χ2n) is 5.33. The number of carbonyl (C=O) groups is 1. The Morgan fingerprint density at radius 1 is 1.04 bits per heavy atom. The zero-order valence-corrected chi connectivity index (χ0v) is 16.2. The maximum atomic E-state index is 12.1. The highest BCUT2D eigenvalue weighted by molar-refractivity contribution is 6.32. The Bertz CT molecular complexity index is 784. The Hall–Kier alpha value is -2.31. The summed E-state index contributed by atoms with van der Waals surface area (Å²) in [7, 11) is 2.98. The van der Waals surface area contributed by atoms with E-state index in [2.05, 4.69) is 10.6 Å². The van der Waals surface area contributed by atoms with Crippen molar-refractivity contribution >= 4 is 34.9 Å². The summed E-state index contributed by atoms with van der Waals surface area (Å²) in [4.78, 5) is 12.1. The number of rotatable bonds is 7. The highest BCUT2D eigenvalue weighted by Gasteiger charge is 2.12. The van der Waals surface area contributed by atoms with Crippen molar-refractivity contribution in [1.29, 1.82) is 0 Å². The number of aryl methyl sites for hydroxylation is 1. The lowest BCUT2D eigenvalue weighted by Gasteiger charge is -2.14. The summed E-state index contributed by atoms with van der Waals surface area (Å²) in [6.45, 7) is 2.53. The van der Waals surface area contributed by atoms with Crippen LogP contribution < -0.4 is 24.8 Å². The molecule has 26 heavy (non-hydrogen) atoms. The van der Waals surface area contributed by atoms with Crippen molar-refractivity contribution in [2.45, 2.75) is 6.92 Å². The van der Waals surface area contributed by atoms with Gasteiger partial charge in [-0.25, -0.2) is 4.79 Å². The van der Waals surface area contributed by atoms with E-state index in [9.17, 15) is 4.79 Å². The van der Waals surface area contributed by atoms with E-state index < -0.39 is 6.03 Å². The Balaban J connectivity index is 1.86. The lowest BCUT2D eigenvalue weighted by molar-refractivity contribution is 0.247. The van der Waals surface area contributed by atoms with E-state index in [0.29, 0.717) is 46.1 Å². The van der Waals surface area contributed by atoms with Crippen LogP contribution in [0, 0.1) is 6.92 Å². The number of hydrogen-bond donors (Lipinski definition) is 2. The maximum absolute atomic E-state index is 12.1. The van der Waals surface area contributed by atoms with Crippen LogP contribution in [0.25, 0.3) is 0 Å². The van der Waals surface area contributed by atoms with E-state index in [-0.39, 0.29) is 0 Å². The topological polar surface area (TPSA) is 68.8 Å². The van der Waals surface area contributed by atoms with Gasteiger partial charge in [-0.1, -0.05) is 23.2 Å². The molecule has 0 bridgehead atoms. The third kappa shape index (κ3) is 5.34. The average Bonchev–Trinajstić information content (AvgIpc) is 2.62. The number of ether oxygens (including phenoxy) is 3. The molecule has 0 aliphatic heterocycles. The molecule has 2 rings (SSSR count). The molecule has 0 saturated heterocycles. The van der Waals surface area contributed by atoms with E-state index in [4.69, 9.17) is 37.4 Å². The lowest BCUT2D eigenvalue weighted by atomic mass is 10.2. The molecule has 0 radical (unpaired) electrons. The van der Waals surface area contributed by atoms with Gasteiger partial charge in [-0.15, -0.1) is 0 Å². The first-order valence-electron chi connectivity index (χ1n) is 7.80. The smallest absolute Gasteiger partial charge is 0.319 e. The number of hydrogen-bond acceptors (Lipinski definition) is 4. The average molecular weight is 399 g/mol. The van der Waals surface area contributed by atoms with Crippen molar-refractivity contribution in [1.82, 2.24) is 5.32 Å². The number of benzene rings is 2. The molecule has 0 fully saturated rings. The Morgan fingerprint density at radius 3 is 2.42 bits per heavy atom. The molecule has 0 saturated carbocycles. The molecule has 0 unspecified atom stereocenters. The summed E-state index contributed by atoms with van der Waals surface area (Å²) < 4.78 is 15.9. The van der Waals surface area contributed by atoms with Crippen LogP contribution in [0.2, 0.25) is 10.0 Å². The minimum Gasteiger partial charge on any atom is -0.495 e. The summed E-state index contributed by atoms with van der Waals surface area (Å²) in [5.41, 5.74) is 1.37. The molecule has 0 atom stereocenters. The summed E-state index contributed by atoms with van der Waals surface area (Å²) in [5, 5.41) is 6.47. The Morgan fingerprint density at radius 2 is 1.77 bits per heavy atom. The molecular formula is C18H20Cl2N2O4. The van der Waals surface area contributed by atoms with Crippen molar-refractivity contribution in [3.63, 3.8) is 0 Å².